The summed E-state index contributed by atoms with van der Waals surface area (Å²) in [5.74, 6) is -0.666. The monoisotopic (exact) mass is 272 g/mol. The van der Waals surface area contributed by atoms with Gasteiger partial charge in [0.15, 0.2) is 0 Å². The van der Waals surface area contributed by atoms with Gasteiger partial charge in [0.05, 0.1) is 5.41 Å². The third-order valence-corrected chi connectivity index (χ3v) is 3.63. The van der Waals surface area contributed by atoms with E-state index in [-0.39, 0.29) is 6.61 Å². The summed E-state index contributed by atoms with van der Waals surface area (Å²) in [6, 6.07) is 0. The number of nitrogens with one attached hydrogen (secondary N) is 1. The van der Waals surface area contributed by atoms with E-state index in [4.69, 9.17) is 21.4 Å². The molecule has 1 saturated carbocycles. The zero-order valence-corrected chi connectivity index (χ0v) is 11.7. The number of nitrogens with two attached hydrogens (primary N) is 1. The van der Waals surface area contributed by atoms with Crippen LogP contribution in [0.25, 0.3) is 0 Å². The molecule has 5 heteroatoms. The molecule has 5 N–H and O–H groups in total. The van der Waals surface area contributed by atoms with Crippen LogP contribution in [-0.4, -0.2) is 35.5 Å². The molecule has 0 saturated heterocycles. The first kappa shape index (κ1) is 18.1. The van der Waals surface area contributed by atoms with E-state index in [1.165, 1.54) is 6.21 Å². The van der Waals surface area contributed by atoms with Crippen LogP contribution in [0.15, 0.2) is 0 Å². The average Bonchev–Trinajstić information content (AvgIpc) is 2.44. The highest BCUT2D eigenvalue weighted by Gasteiger charge is 2.38. The zero-order valence-electron chi connectivity index (χ0n) is 11.7. The second kappa shape index (κ2) is 10.9. The molecule has 0 aliphatic heterocycles. The van der Waals surface area contributed by atoms with Gasteiger partial charge < -0.3 is 21.4 Å². The first-order chi connectivity index (χ1) is 9.13. The number of aliphatic hydroxyl groups is 1. The molecule has 112 valence electrons. The molecule has 1 aliphatic rings. The standard InChI is InChI=1S/C10H18O3.C4H10N2/c11-8-4-7-10(9(12)13)5-2-1-3-6-10;5-3-1-2-4-6/h11H,1-8H2,(H,12,13);3,5H,1-2,4,6H2. The molecule has 0 spiro atoms. The minimum absolute atomic E-state index is 0.106. The topological polar surface area (TPSA) is 107 Å². The molecule has 1 fully saturated rings. The van der Waals surface area contributed by atoms with E-state index >= 15 is 0 Å². The number of rotatable bonds is 7. The lowest BCUT2D eigenvalue weighted by Gasteiger charge is -2.32. The predicted octanol–water partition coefficient (Wildman–Crippen LogP) is 2.17. The maximum atomic E-state index is 11.1. The Morgan fingerprint density at radius 1 is 1.26 bits per heavy atom. The smallest absolute Gasteiger partial charge is 0.309 e. The van der Waals surface area contributed by atoms with Crippen LogP contribution < -0.4 is 5.73 Å². The van der Waals surface area contributed by atoms with Gasteiger partial charge >= 0.3 is 5.97 Å². The molecular formula is C14H28N2O3. The fourth-order valence-corrected chi connectivity index (χ4v) is 2.44. The third-order valence-electron chi connectivity index (χ3n) is 3.63. The van der Waals surface area contributed by atoms with Crippen LogP contribution in [0.2, 0.25) is 0 Å². The van der Waals surface area contributed by atoms with Crippen molar-refractivity contribution in [2.45, 2.75) is 57.8 Å². The Bertz CT molecular complexity index is 251. The normalized spacial score (nSPS) is 17.2. The Morgan fingerprint density at radius 3 is 2.26 bits per heavy atom. The van der Waals surface area contributed by atoms with Crippen LogP contribution in [0.1, 0.15) is 57.8 Å². The van der Waals surface area contributed by atoms with Crippen molar-refractivity contribution in [2.24, 2.45) is 11.1 Å². The van der Waals surface area contributed by atoms with Gasteiger partial charge in [0.2, 0.25) is 0 Å². The van der Waals surface area contributed by atoms with Crippen LogP contribution in [0.5, 0.6) is 0 Å². The molecule has 0 bridgehead atoms. The summed E-state index contributed by atoms with van der Waals surface area (Å²) in [5, 5.41) is 24.4. The molecule has 1 aliphatic carbocycles. The Labute approximate surface area is 115 Å². The number of unbranched alkanes of at least 4 members (excludes halogenated alkanes) is 1. The van der Waals surface area contributed by atoms with Gasteiger partial charge in [-0.25, -0.2) is 0 Å². The molecular weight excluding hydrogens is 244 g/mol. The van der Waals surface area contributed by atoms with Crippen LogP contribution in [0.3, 0.4) is 0 Å². The van der Waals surface area contributed by atoms with Gasteiger partial charge in [-0.05, 0) is 51.3 Å². The van der Waals surface area contributed by atoms with Crippen LogP contribution in [0, 0.1) is 10.8 Å². The van der Waals surface area contributed by atoms with Crippen molar-refractivity contribution in [1.82, 2.24) is 0 Å². The van der Waals surface area contributed by atoms with Crippen molar-refractivity contribution in [2.75, 3.05) is 13.2 Å². The number of carboxylic acid groups (broad SMARTS) is 1. The van der Waals surface area contributed by atoms with E-state index in [0.717, 1.165) is 44.9 Å². The highest BCUT2D eigenvalue weighted by molar-refractivity contribution is 5.74. The van der Waals surface area contributed by atoms with Gasteiger partial charge in [-0.15, -0.1) is 0 Å². The van der Waals surface area contributed by atoms with Crippen molar-refractivity contribution in [3.05, 3.63) is 0 Å². The van der Waals surface area contributed by atoms with Crippen molar-refractivity contribution < 1.29 is 15.0 Å². The van der Waals surface area contributed by atoms with Crippen LogP contribution in [0.4, 0.5) is 0 Å². The fraction of sp³-hybridized carbons (Fsp3) is 0.857. The summed E-state index contributed by atoms with van der Waals surface area (Å²) in [7, 11) is 0. The molecule has 0 heterocycles. The van der Waals surface area contributed by atoms with Gasteiger partial charge in [0.25, 0.3) is 0 Å². The molecule has 0 aromatic rings. The lowest BCUT2D eigenvalue weighted by Crippen LogP contribution is -2.33. The fourth-order valence-electron chi connectivity index (χ4n) is 2.44. The number of hydrogen-bond donors (Lipinski definition) is 4. The maximum Gasteiger partial charge on any atom is 0.309 e. The van der Waals surface area contributed by atoms with Crippen LogP contribution >= 0.6 is 0 Å². The minimum Gasteiger partial charge on any atom is -0.481 e. The largest absolute Gasteiger partial charge is 0.481 e. The second-order valence-electron chi connectivity index (χ2n) is 5.11. The predicted molar refractivity (Wildman–Crippen MR) is 76.5 cm³/mol. The summed E-state index contributed by atoms with van der Waals surface area (Å²) in [6.07, 6.45) is 9.21. The Hall–Kier alpha value is -0.940. The van der Waals surface area contributed by atoms with Gasteiger partial charge in [0, 0.05) is 6.61 Å². The first-order valence-corrected chi connectivity index (χ1v) is 7.16. The molecule has 0 aromatic carbocycles. The molecule has 5 nitrogen and oxygen atoms in total. The number of hydrogen-bond acceptors (Lipinski definition) is 4. The lowest BCUT2D eigenvalue weighted by molar-refractivity contribution is -0.151. The molecule has 0 amide bonds. The first-order valence-electron chi connectivity index (χ1n) is 7.16. The lowest BCUT2D eigenvalue weighted by atomic mass is 9.71. The van der Waals surface area contributed by atoms with Crippen molar-refractivity contribution in [3.8, 4) is 0 Å². The summed E-state index contributed by atoms with van der Waals surface area (Å²) in [5.41, 5.74) is 4.60. The number of carbonyl (C=O) groups is 1. The summed E-state index contributed by atoms with van der Waals surface area (Å²) in [6.45, 7) is 0.810. The van der Waals surface area contributed by atoms with Gasteiger partial charge in [-0.3, -0.25) is 4.79 Å². The minimum atomic E-state index is -0.666. The number of aliphatic carboxylic acids is 1. The number of carboxylic acids is 1. The van der Waals surface area contributed by atoms with E-state index in [0.29, 0.717) is 19.4 Å². The Morgan fingerprint density at radius 2 is 1.89 bits per heavy atom. The van der Waals surface area contributed by atoms with Crippen molar-refractivity contribution >= 4 is 12.2 Å². The van der Waals surface area contributed by atoms with E-state index < -0.39 is 11.4 Å². The second-order valence-corrected chi connectivity index (χ2v) is 5.11. The highest BCUT2D eigenvalue weighted by Crippen LogP contribution is 2.40. The zero-order chi connectivity index (χ0) is 14.6. The molecule has 1 rings (SSSR count). The Kier molecular flexibility index (Phi) is 10.4. The highest BCUT2D eigenvalue weighted by atomic mass is 16.4. The van der Waals surface area contributed by atoms with Crippen molar-refractivity contribution in [1.29, 1.82) is 5.41 Å². The Balaban J connectivity index is 0.000000459. The van der Waals surface area contributed by atoms with E-state index in [2.05, 4.69) is 0 Å². The molecule has 0 radical (unpaired) electrons. The molecule has 19 heavy (non-hydrogen) atoms. The van der Waals surface area contributed by atoms with E-state index in [9.17, 15) is 4.79 Å². The molecule has 0 unspecified atom stereocenters. The van der Waals surface area contributed by atoms with Gasteiger partial charge in [-0.1, -0.05) is 19.3 Å². The quantitative estimate of drug-likeness (QED) is 0.421. The third kappa shape index (κ3) is 7.28. The van der Waals surface area contributed by atoms with Crippen molar-refractivity contribution in [3.63, 3.8) is 0 Å². The molecule has 0 atom stereocenters. The summed E-state index contributed by atoms with van der Waals surface area (Å²) < 4.78 is 0. The van der Waals surface area contributed by atoms with E-state index in [1.54, 1.807) is 0 Å². The maximum absolute atomic E-state index is 11.1. The van der Waals surface area contributed by atoms with E-state index in [1.807, 2.05) is 0 Å². The number of aliphatic hydroxyl groups excluding tert-OH is 1. The van der Waals surface area contributed by atoms with Gasteiger partial charge in [0.1, 0.15) is 0 Å². The van der Waals surface area contributed by atoms with Crippen LogP contribution in [-0.2, 0) is 4.79 Å². The van der Waals surface area contributed by atoms with Gasteiger partial charge in [-0.2, -0.15) is 0 Å². The average molecular weight is 272 g/mol. The molecule has 0 aromatic heterocycles. The summed E-state index contributed by atoms with van der Waals surface area (Å²) in [4.78, 5) is 11.1. The SMILES string of the molecule is N=CCCCN.O=C(O)C1(CCCO)CCCCC1. The summed E-state index contributed by atoms with van der Waals surface area (Å²) >= 11 is 0.